The molecule has 0 saturated carbocycles. The Hall–Kier alpha value is -2.30. The molecule has 7 heteroatoms. The minimum absolute atomic E-state index is 0.0712. The van der Waals surface area contributed by atoms with Crippen LogP contribution in [0.5, 0.6) is 0 Å². The van der Waals surface area contributed by atoms with E-state index in [2.05, 4.69) is 21.4 Å². The molecule has 0 fully saturated rings. The van der Waals surface area contributed by atoms with Crippen molar-refractivity contribution < 1.29 is 4.79 Å². The molecule has 27 heavy (non-hydrogen) atoms. The fourth-order valence-corrected chi connectivity index (χ4v) is 5.57. The highest BCUT2D eigenvalue weighted by Crippen LogP contribution is 2.38. The Morgan fingerprint density at radius 1 is 1.41 bits per heavy atom. The summed E-state index contributed by atoms with van der Waals surface area (Å²) in [6.07, 6.45) is 4.90. The lowest BCUT2D eigenvalue weighted by Crippen LogP contribution is -2.24. The number of carbonyl (C=O) groups is 1. The highest BCUT2D eigenvalue weighted by atomic mass is 32.2. The first kappa shape index (κ1) is 18.1. The number of anilines is 1. The van der Waals surface area contributed by atoms with Crippen molar-refractivity contribution in [2.75, 3.05) is 5.32 Å². The van der Waals surface area contributed by atoms with Gasteiger partial charge < -0.3 is 10.3 Å². The average molecular weight is 397 g/mol. The average Bonchev–Trinajstić information content (AvgIpc) is 3.25. The van der Waals surface area contributed by atoms with Crippen molar-refractivity contribution >= 4 is 45.0 Å². The van der Waals surface area contributed by atoms with E-state index < -0.39 is 0 Å². The van der Waals surface area contributed by atoms with Crippen molar-refractivity contribution in [3.05, 3.63) is 40.3 Å². The zero-order valence-corrected chi connectivity index (χ0v) is 16.7. The van der Waals surface area contributed by atoms with Crippen LogP contribution in [0.4, 0.5) is 5.00 Å². The molecule has 5 nitrogen and oxygen atoms in total. The molecular formula is C20H20N4OS2. The highest BCUT2D eigenvalue weighted by molar-refractivity contribution is 8.00. The lowest BCUT2D eigenvalue weighted by atomic mass is 9.96. The molecule has 0 aliphatic heterocycles. The van der Waals surface area contributed by atoms with E-state index in [1.807, 2.05) is 31.2 Å². The third-order valence-corrected chi connectivity index (χ3v) is 7.26. The number of para-hydroxylation sites is 2. The second-order valence-corrected chi connectivity index (χ2v) is 8.89. The summed E-state index contributed by atoms with van der Waals surface area (Å²) in [4.78, 5) is 21.9. The predicted octanol–water partition coefficient (Wildman–Crippen LogP) is 4.88. The standard InChI is InChI=1S/C20H20N4OS2/c1-2-16(27-20-22-14-8-4-5-9-15(14)23-20)18(25)24-19-13(11-21)12-7-3-6-10-17(12)26-19/h4-5,8-9,16H,2-3,6-7,10H2,1H3,(H,22,23)(H,24,25)/t16-/m1/s1. The van der Waals surface area contributed by atoms with Gasteiger partial charge in [-0.25, -0.2) is 4.98 Å². The Labute approximate surface area is 166 Å². The zero-order chi connectivity index (χ0) is 18.8. The van der Waals surface area contributed by atoms with Crippen LogP contribution in [0.3, 0.4) is 0 Å². The first-order chi connectivity index (χ1) is 13.2. The van der Waals surface area contributed by atoms with Crippen LogP contribution >= 0.6 is 23.1 Å². The van der Waals surface area contributed by atoms with Gasteiger partial charge in [0.2, 0.25) is 5.91 Å². The molecule has 2 N–H and O–H groups in total. The van der Waals surface area contributed by atoms with Gasteiger partial charge in [-0.15, -0.1) is 11.3 Å². The van der Waals surface area contributed by atoms with Crippen LogP contribution in [-0.2, 0) is 17.6 Å². The van der Waals surface area contributed by atoms with Crippen molar-refractivity contribution in [2.45, 2.75) is 49.4 Å². The summed E-state index contributed by atoms with van der Waals surface area (Å²) in [6, 6.07) is 10.1. The van der Waals surface area contributed by atoms with E-state index in [4.69, 9.17) is 0 Å². The number of carbonyl (C=O) groups excluding carboxylic acids is 1. The summed E-state index contributed by atoms with van der Waals surface area (Å²) in [5.41, 5.74) is 3.66. The number of benzene rings is 1. The molecule has 1 amide bonds. The van der Waals surface area contributed by atoms with E-state index >= 15 is 0 Å². The van der Waals surface area contributed by atoms with Gasteiger partial charge in [0.05, 0.1) is 21.8 Å². The third-order valence-electron chi connectivity index (χ3n) is 4.80. The number of aromatic nitrogens is 2. The van der Waals surface area contributed by atoms with Gasteiger partial charge in [0.15, 0.2) is 5.16 Å². The molecule has 0 unspecified atom stereocenters. The van der Waals surface area contributed by atoms with Crippen LogP contribution in [0.15, 0.2) is 29.4 Å². The molecule has 0 radical (unpaired) electrons. The number of nitrogens with one attached hydrogen (secondary N) is 2. The number of thioether (sulfide) groups is 1. The number of rotatable bonds is 5. The van der Waals surface area contributed by atoms with Gasteiger partial charge in [0, 0.05) is 4.88 Å². The smallest absolute Gasteiger partial charge is 0.238 e. The minimum Gasteiger partial charge on any atom is -0.333 e. The predicted molar refractivity (Wildman–Crippen MR) is 110 cm³/mol. The van der Waals surface area contributed by atoms with Gasteiger partial charge in [0.1, 0.15) is 11.1 Å². The number of imidazole rings is 1. The number of hydrogen-bond donors (Lipinski definition) is 2. The summed E-state index contributed by atoms with van der Waals surface area (Å²) in [7, 11) is 0. The first-order valence-electron chi connectivity index (χ1n) is 9.16. The van der Waals surface area contributed by atoms with Crippen molar-refractivity contribution in [2.24, 2.45) is 0 Å². The van der Waals surface area contributed by atoms with Gasteiger partial charge in [-0.3, -0.25) is 4.79 Å². The van der Waals surface area contributed by atoms with Crippen molar-refractivity contribution in [1.29, 1.82) is 5.26 Å². The Balaban J connectivity index is 1.52. The molecule has 2 aromatic heterocycles. The van der Waals surface area contributed by atoms with E-state index in [-0.39, 0.29) is 11.2 Å². The normalized spacial score (nSPS) is 14.5. The van der Waals surface area contributed by atoms with Crippen LogP contribution in [0.25, 0.3) is 11.0 Å². The second-order valence-electron chi connectivity index (χ2n) is 6.59. The van der Waals surface area contributed by atoms with Crippen LogP contribution < -0.4 is 5.32 Å². The minimum atomic E-state index is -0.267. The molecule has 3 aromatic rings. The van der Waals surface area contributed by atoms with Gasteiger partial charge in [-0.1, -0.05) is 30.8 Å². The molecule has 138 valence electrons. The fraction of sp³-hybridized carbons (Fsp3) is 0.350. The van der Waals surface area contributed by atoms with Crippen molar-refractivity contribution in [3.8, 4) is 6.07 Å². The number of nitrogens with zero attached hydrogens (tertiary/aromatic N) is 2. The molecule has 1 aliphatic carbocycles. The van der Waals surface area contributed by atoms with Crippen LogP contribution in [0.2, 0.25) is 0 Å². The highest BCUT2D eigenvalue weighted by Gasteiger charge is 2.25. The van der Waals surface area contributed by atoms with E-state index in [0.29, 0.717) is 17.0 Å². The van der Waals surface area contributed by atoms with E-state index in [1.165, 1.54) is 16.6 Å². The van der Waals surface area contributed by atoms with Crippen LogP contribution in [0.1, 0.15) is 42.2 Å². The zero-order valence-electron chi connectivity index (χ0n) is 15.0. The molecule has 1 aliphatic rings. The molecule has 0 spiro atoms. The Morgan fingerprint density at radius 2 is 2.22 bits per heavy atom. The Kier molecular flexibility index (Phi) is 5.19. The summed E-state index contributed by atoms with van der Waals surface area (Å²) in [5, 5.41) is 13.8. The monoisotopic (exact) mass is 396 g/mol. The van der Waals surface area contributed by atoms with Crippen LogP contribution in [-0.4, -0.2) is 21.1 Å². The lowest BCUT2D eigenvalue weighted by Gasteiger charge is -2.12. The fourth-order valence-electron chi connectivity index (χ4n) is 3.41. The Morgan fingerprint density at radius 3 is 3.00 bits per heavy atom. The maximum atomic E-state index is 12.9. The number of fused-ring (bicyclic) bond motifs is 2. The lowest BCUT2D eigenvalue weighted by molar-refractivity contribution is -0.115. The molecule has 4 rings (SSSR count). The molecule has 0 saturated heterocycles. The molecule has 1 atom stereocenters. The van der Waals surface area contributed by atoms with E-state index in [1.54, 1.807) is 11.3 Å². The number of amides is 1. The van der Waals surface area contributed by atoms with Crippen molar-refractivity contribution in [1.82, 2.24) is 9.97 Å². The van der Waals surface area contributed by atoms with Gasteiger partial charge in [-0.2, -0.15) is 5.26 Å². The molecule has 2 heterocycles. The number of H-pyrrole nitrogens is 1. The van der Waals surface area contributed by atoms with E-state index in [9.17, 15) is 10.1 Å². The number of aryl methyl sites for hydroxylation is 1. The third kappa shape index (κ3) is 3.60. The maximum Gasteiger partial charge on any atom is 0.238 e. The quantitative estimate of drug-likeness (QED) is 0.602. The molecule has 1 aromatic carbocycles. The van der Waals surface area contributed by atoms with Crippen LogP contribution in [0, 0.1) is 11.3 Å². The number of nitriles is 1. The SMILES string of the molecule is CC[C@@H](Sc1nc2ccccc2[nH]1)C(=O)Nc1sc2c(c1C#N)CCCC2. The molecular weight excluding hydrogens is 376 g/mol. The van der Waals surface area contributed by atoms with E-state index in [0.717, 1.165) is 47.4 Å². The summed E-state index contributed by atoms with van der Waals surface area (Å²) in [5.74, 6) is -0.0712. The summed E-state index contributed by atoms with van der Waals surface area (Å²) >= 11 is 3.00. The number of aromatic amines is 1. The number of hydrogen-bond acceptors (Lipinski definition) is 5. The number of thiophene rings is 1. The largest absolute Gasteiger partial charge is 0.333 e. The topological polar surface area (TPSA) is 81.6 Å². The second kappa shape index (κ2) is 7.75. The summed E-state index contributed by atoms with van der Waals surface area (Å²) < 4.78 is 0. The summed E-state index contributed by atoms with van der Waals surface area (Å²) in [6.45, 7) is 1.99. The first-order valence-corrected chi connectivity index (χ1v) is 10.9. The van der Waals surface area contributed by atoms with Gasteiger partial charge >= 0.3 is 0 Å². The Bertz CT molecular complexity index is 997. The maximum absolute atomic E-state index is 12.9. The molecule has 0 bridgehead atoms. The van der Waals surface area contributed by atoms with Gasteiger partial charge in [0.25, 0.3) is 0 Å². The van der Waals surface area contributed by atoms with Gasteiger partial charge in [-0.05, 0) is 49.8 Å². The van der Waals surface area contributed by atoms with Crippen molar-refractivity contribution in [3.63, 3.8) is 0 Å².